The highest BCUT2D eigenvalue weighted by molar-refractivity contribution is 5.43. The van der Waals surface area contributed by atoms with Crippen LogP contribution in [-0.4, -0.2) is 29.8 Å². The van der Waals surface area contributed by atoms with Crippen molar-refractivity contribution in [2.75, 3.05) is 14.2 Å². The van der Waals surface area contributed by atoms with Gasteiger partial charge in [-0.25, -0.2) is 4.98 Å². The molecule has 1 aromatic heterocycles. The molecule has 5 heteroatoms. The number of nitrogens with one attached hydrogen (secondary N) is 1. The van der Waals surface area contributed by atoms with Crippen molar-refractivity contribution in [2.24, 2.45) is 0 Å². The highest BCUT2D eigenvalue weighted by Crippen LogP contribution is 2.27. The van der Waals surface area contributed by atoms with Crippen molar-refractivity contribution in [2.45, 2.75) is 33.0 Å². The Morgan fingerprint density at radius 3 is 2.62 bits per heavy atom. The Hall–Kier alpha value is -2.01. The Morgan fingerprint density at radius 1 is 1.19 bits per heavy atom. The number of aromatic nitrogens is 2. The van der Waals surface area contributed by atoms with Crippen LogP contribution in [0.3, 0.4) is 0 Å². The predicted octanol–water partition coefficient (Wildman–Crippen LogP) is 2.45. The Kier molecular flexibility index (Phi) is 5.22. The van der Waals surface area contributed by atoms with Crippen LogP contribution in [0.15, 0.2) is 30.7 Å². The molecule has 0 saturated carbocycles. The molecule has 0 radical (unpaired) electrons. The van der Waals surface area contributed by atoms with Crippen LogP contribution < -0.4 is 14.8 Å². The van der Waals surface area contributed by atoms with E-state index in [2.05, 4.69) is 28.7 Å². The van der Waals surface area contributed by atoms with E-state index >= 15 is 0 Å². The summed E-state index contributed by atoms with van der Waals surface area (Å²) < 4.78 is 12.7. The molecule has 0 aliphatic carbocycles. The largest absolute Gasteiger partial charge is 0.493 e. The first-order valence-electron chi connectivity index (χ1n) is 7.07. The van der Waals surface area contributed by atoms with Gasteiger partial charge in [0.25, 0.3) is 0 Å². The van der Waals surface area contributed by atoms with Crippen LogP contribution in [0, 0.1) is 0 Å². The second-order valence-corrected chi connectivity index (χ2v) is 5.24. The summed E-state index contributed by atoms with van der Waals surface area (Å²) in [5.41, 5.74) is 2.31. The van der Waals surface area contributed by atoms with E-state index in [1.807, 2.05) is 30.7 Å². The van der Waals surface area contributed by atoms with Gasteiger partial charge >= 0.3 is 0 Å². The molecule has 0 fully saturated rings. The summed E-state index contributed by atoms with van der Waals surface area (Å²) in [6.45, 7) is 5.84. The zero-order valence-corrected chi connectivity index (χ0v) is 13.1. The fourth-order valence-corrected chi connectivity index (χ4v) is 2.12. The first kappa shape index (κ1) is 15.4. The standard InChI is InChI=1S/C16H23N3O2/c1-12(2)18-9-14-8-17-11-19(14)10-13-5-6-15(20-3)16(7-13)21-4/h5-8,11-12,18H,9-10H2,1-4H3. The van der Waals surface area contributed by atoms with Crippen molar-refractivity contribution in [3.63, 3.8) is 0 Å². The number of nitrogens with zero attached hydrogens (tertiary/aromatic N) is 2. The van der Waals surface area contributed by atoms with Gasteiger partial charge in [0.15, 0.2) is 11.5 Å². The molecule has 0 bridgehead atoms. The molecule has 0 aliphatic heterocycles. The summed E-state index contributed by atoms with van der Waals surface area (Å²) in [5, 5.41) is 3.41. The van der Waals surface area contributed by atoms with E-state index in [1.165, 1.54) is 5.69 Å². The molecule has 0 saturated heterocycles. The fraction of sp³-hybridized carbons (Fsp3) is 0.438. The minimum atomic E-state index is 0.453. The predicted molar refractivity (Wildman–Crippen MR) is 82.9 cm³/mol. The highest BCUT2D eigenvalue weighted by atomic mass is 16.5. The lowest BCUT2D eigenvalue weighted by atomic mass is 10.2. The molecule has 5 nitrogen and oxygen atoms in total. The molecular formula is C16H23N3O2. The number of benzene rings is 1. The molecule has 2 rings (SSSR count). The van der Waals surface area contributed by atoms with Crippen LogP contribution in [-0.2, 0) is 13.1 Å². The van der Waals surface area contributed by atoms with E-state index in [4.69, 9.17) is 9.47 Å². The Morgan fingerprint density at radius 2 is 1.95 bits per heavy atom. The third kappa shape index (κ3) is 3.98. The van der Waals surface area contributed by atoms with Gasteiger partial charge in [-0.3, -0.25) is 0 Å². The number of hydrogen-bond acceptors (Lipinski definition) is 4. The van der Waals surface area contributed by atoms with Gasteiger partial charge in [0, 0.05) is 25.3 Å². The van der Waals surface area contributed by atoms with Crippen molar-refractivity contribution in [3.8, 4) is 11.5 Å². The van der Waals surface area contributed by atoms with Gasteiger partial charge in [0.2, 0.25) is 0 Å². The summed E-state index contributed by atoms with van der Waals surface area (Å²) in [4.78, 5) is 4.24. The Labute approximate surface area is 125 Å². The van der Waals surface area contributed by atoms with Crippen molar-refractivity contribution in [1.82, 2.24) is 14.9 Å². The van der Waals surface area contributed by atoms with Gasteiger partial charge in [0.05, 0.1) is 26.2 Å². The van der Waals surface area contributed by atoms with Gasteiger partial charge in [-0.2, -0.15) is 0 Å². The molecule has 0 atom stereocenters. The van der Waals surface area contributed by atoms with Gasteiger partial charge in [-0.1, -0.05) is 19.9 Å². The molecule has 0 spiro atoms. The lowest BCUT2D eigenvalue weighted by Crippen LogP contribution is -2.23. The molecule has 114 valence electrons. The van der Waals surface area contributed by atoms with E-state index in [0.717, 1.165) is 30.2 Å². The summed E-state index contributed by atoms with van der Waals surface area (Å²) in [5.74, 6) is 1.49. The third-order valence-electron chi connectivity index (χ3n) is 3.29. The Bertz CT molecular complexity index is 579. The minimum absolute atomic E-state index is 0.453. The van der Waals surface area contributed by atoms with Gasteiger partial charge in [-0.05, 0) is 17.7 Å². The van der Waals surface area contributed by atoms with Gasteiger partial charge in [0.1, 0.15) is 0 Å². The summed E-state index contributed by atoms with van der Waals surface area (Å²) in [6.07, 6.45) is 3.75. The molecule has 0 amide bonds. The lowest BCUT2D eigenvalue weighted by Gasteiger charge is -2.13. The maximum atomic E-state index is 5.34. The van der Waals surface area contributed by atoms with Crippen LogP contribution in [0.5, 0.6) is 11.5 Å². The van der Waals surface area contributed by atoms with Crippen LogP contribution in [0.1, 0.15) is 25.1 Å². The van der Waals surface area contributed by atoms with E-state index in [9.17, 15) is 0 Å². The fourth-order valence-electron chi connectivity index (χ4n) is 2.12. The Balaban J connectivity index is 2.13. The average Bonchev–Trinajstić information content (AvgIpc) is 2.92. The van der Waals surface area contributed by atoms with Crippen LogP contribution in [0.2, 0.25) is 0 Å². The van der Waals surface area contributed by atoms with Crippen LogP contribution >= 0.6 is 0 Å². The molecule has 2 aromatic rings. The monoisotopic (exact) mass is 289 g/mol. The molecule has 1 aromatic carbocycles. The second kappa shape index (κ2) is 7.13. The van der Waals surface area contributed by atoms with Crippen LogP contribution in [0.25, 0.3) is 0 Å². The summed E-state index contributed by atoms with van der Waals surface area (Å²) >= 11 is 0. The third-order valence-corrected chi connectivity index (χ3v) is 3.29. The maximum Gasteiger partial charge on any atom is 0.161 e. The molecule has 1 N–H and O–H groups in total. The van der Waals surface area contributed by atoms with E-state index < -0.39 is 0 Å². The van der Waals surface area contributed by atoms with Crippen LogP contribution in [0.4, 0.5) is 0 Å². The number of hydrogen-bond donors (Lipinski definition) is 1. The first-order chi connectivity index (χ1) is 10.1. The van der Waals surface area contributed by atoms with Crippen molar-refractivity contribution < 1.29 is 9.47 Å². The van der Waals surface area contributed by atoms with E-state index in [1.54, 1.807) is 14.2 Å². The number of methoxy groups -OCH3 is 2. The zero-order chi connectivity index (χ0) is 15.2. The molecule has 0 unspecified atom stereocenters. The zero-order valence-electron chi connectivity index (χ0n) is 13.1. The molecule has 1 heterocycles. The average molecular weight is 289 g/mol. The van der Waals surface area contributed by atoms with E-state index in [0.29, 0.717) is 6.04 Å². The topological polar surface area (TPSA) is 48.3 Å². The van der Waals surface area contributed by atoms with Crippen molar-refractivity contribution in [3.05, 3.63) is 42.0 Å². The van der Waals surface area contributed by atoms with Gasteiger partial charge < -0.3 is 19.4 Å². The number of ether oxygens (including phenoxy) is 2. The smallest absolute Gasteiger partial charge is 0.161 e. The molecule has 0 aliphatic rings. The highest BCUT2D eigenvalue weighted by Gasteiger charge is 2.07. The number of imidazole rings is 1. The van der Waals surface area contributed by atoms with Crippen molar-refractivity contribution >= 4 is 0 Å². The lowest BCUT2D eigenvalue weighted by molar-refractivity contribution is 0.354. The van der Waals surface area contributed by atoms with Gasteiger partial charge in [-0.15, -0.1) is 0 Å². The summed E-state index contributed by atoms with van der Waals surface area (Å²) in [6, 6.07) is 6.42. The van der Waals surface area contributed by atoms with Crippen molar-refractivity contribution in [1.29, 1.82) is 0 Å². The maximum absolute atomic E-state index is 5.34. The minimum Gasteiger partial charge on any atom is -0.493 e. The molecule has 21 heavy (non-hydrogen) atoms. The summed E-state index contributed by atoms with van der Waals surface area (Å²) in [7, 11) is 3.29. The van der Waals surface area contributed by atoms with E-state index in [-0.39, 0.29) is 0 Å². The molecular weight excluding hydrogens is 266 g/mol. The first-order valence-corrected chi connectivity index (χ1v) is 7.07. The number of rotatable bonds is 7. The SMILES string of the molecule is COc1ccc(Cn2cncc2CNC(C)C)cc1OC. The normalized spacial score (nSPS) is 10.9. The second-order valence-electron chi connectivity index (χ2n) is 5.24. The quantitative estimate of drug-likeness (QED) is 0.850.